The molecule has 2 aromatic carbocycles. The Bertz CT molecular complexity index is 1350. The molecule has 7 atom stereocenters. The van der Waals surface area contributed by atoms with E-state index in [1.54, 1.807) is 4.90 Å². The van der Waals surface area contributed by atoms with Gasteiger partial charge in [0.05, 0.1) is 17.9 Å². The highest BCUT2D eigenvalue weighted by molar-refractivity contribution is 6.02. The number of ether oxygens (including phenoxy) is 1. The average Bonchev–Trinajstić information content (AvgIpc) is 3.59. The van der Waals surface area contributed by atoms with Crippen LogP contribution in [-0.4, -0.2) is 46.4 Å². The fourth-order valence-electron chi connectivity index (χ4n) is 7.30. The first-order chi connectivity index (χ1) is 19.7. The minimum absolute atomic E-state index is 0.0681. The predicted octanol–water partition coefficient (Wildman–Crippen LogP) is 5.10. The highest BCUT2D eigenvalue weighted by Crippen LogP contribution is 2.55. The van der Waals surface area contributed by atoms with Crippen molar-refractivity contribution in [1.82, 2.24) is 10.2 Å². The Morgan fingerprint density at radius 2 is 1.73 bits per heavy atom. The highest BCUT2D eigenvalue weighted by Gasteiger charge is 2.72. The van der Waals surface area contributed by atoms with Crippen LogP contribution >= 0.6 is 0 Å². The summed E-state index contributed by atoms with van der Waals surface area (Å²) >= 11 is 0. The fraction of sp³-hybridized carbons (Fsp3) is 0.500. The Morgan fingerprint density at radius 3 is 2.41 bits per heavy atom. The third-order valence-electron chi connectivity index (χ3n) is 9.68. The van der Waals surface area contributed by atoms with Gasteiger partial charge in [0.1, 0.15) is 11.6 Å². The Kier molecular flexibility index (Phi) is 7.26. The van der Waals surface area contributed by atoms with Crippen LogP contribution < -0.4 is 10.6 Å². The number of carbonyl (C=O) groups excluding carboxylic acids is 3. The maximum Gasteiger partial charge on any atom is 0.246 e. The van der Waals surface area contributed by atoms with E-state index < -0.39 is 29.6 Å². The van der Waals surface area contributed by atoms with Crippen LogP contribution in [0.5, 0.6) is 0 Å². The van der Waals surface area contributed by atoms with Gasteiger partial charge in [-0.1, -0.05) is 87.7 Å². The number of benzene rings is 2. The van der Waals surface area contributed by atoms with Crippen LogP contribution in [0.3, 0.4) is 0 Å². The van der Waals surface area contributed by atoms with Gasteiger partial charge in [-0.15, -0.1) is 0 Å². The molecule has 216 valence electrons. The molecule has 1 spiro atoms. The van der Waals surface area contributed by atoms with Gasteiger partial charge in [0.2, 0.25) is 17.7 Å². The summed E-state index contributed by atoms with van der Waals surface area (Å²) in [4.78, 5) is 43.8. The average molecular weight is 556 g/mol. The monoisotopic (exact) mass is 555 g/mol. The first kappa shape index (κ1) is 27.7. The molecule has 1 aliphatic carbocycles. The molecule has 3 fully saturated rings. The smallest absolute Gasteiger partial charge is 0.246 e. The minimum Gasteiger partial charge on any atom is -0.359 e. The first-order valence-corrected chi connectivity index (χ1v) is 15.1. The largest absolute Gasteiger partial charge is 0.359 e. The lowest BCUT2D eigenvalue weighted by Crippen LogP contribution is -2.57. The minimum atomic E-state index is -1.17. The molecule has 7 nitrogen and oxygen atoms in total. The predicted molar refractivity (Wildman–Crippen MR) is 158 cm³/mol. The van der Waals surface area contributed by atoms with Crippen LogP contribution in [0, 0.1) is 24.7 Å². The zero-order valence-electron chi connectivity index (χ0n) is 24.4. The third-order valence-corrected chi connectivity index (χ3v) is 9.68. The number of likely N-dealkylation sites (tertiary alicyclic amines) is 1. The summed E-state index contributed by atoms with van der Waals surface area (Å²) in [6.07, 6.45) is 7.46. The van der Waals surface area contributed by atoms with Gasteiger partial charge in [-0.05, 0) is 54.9 Å². The second-order valence-electron chi connectivity index (χ2n) is 12.8. The lowest BCUT2D eigenvalue weighted by Gasteiger charge is -2.36. The van der Waals surface area contributed by atoms with Gasteiger partial charge < -0.3 is 20.3 Å². The molecule has 6 rings (SSSR count). The molecule has 0 unspecified atom stereocenters. The Morgan fingerprint density at radius 1 is 1.02 bits per heavy atom. The number of fused-ring (bicyclic) bond motifs is 1. The SMILES string of the molecule is Cc1ccc(CN2C(=O)[C@@H]3[C@H](C(=O)Nc4ccc(C(C)C)cc4)[C@@H]4C=C[C@@]3(O4)[C@@H]2C(=O)N[C@H]2CCCC[C@@H]2C)cc1. The van der Waals surface area contributed by atoms with Crippen molar-refractivity contribution >= 4 is 23.4 Å². The molecule has 7 heteroatoms. The molecule has 3 amide bonds. The first-order valence-electron chi connectivity index (χ1n) is 15.1. The van der Waals surface area contributed by atoms with Gasteiger partial charge >= 0.3 is 0 Å². The van der Waals surface area contributed by atoms with E-state index in [4.69, 9.17) is 4.74 Å². The van der Waals surface area contributed by atoms with E-state index in [2.05, 4.69) is 31.4 Å². The van der Waals surface area contributed by atoms with Crippen LogP contribution in [0.1, 0.15) is 69.1 Å². The number of hydrogen-bond donors (Lipinski definition) is 2. The number of rotatable bonds is 7. The van der Waals surface area contributed by atoms with Crippen LogP contribution in [0.25, 0.3) is 0 Å². The van der Waals surface area contributed by atoms with Crippen LogP contribution in [0.15, 0.2) is 60.7 Å². The number of aryl methyl sites for hydroxylation is 1. The van der Waals surface area contributed by atoms with Crippen molar-refractivity contribution in [1.29, 1.82) is 0 Å². The molecule has 4 aliphatic rings. The topological polar surface area (TPSA) is 87.7 Å². The number of nitrogens with zero attached hydrogens (tertiary/aromatic N) is 1. The quantitative estimate of drug-likeness (QED) is 0.465. The number of nitrogens with one attached hydrogen (secondary N) is 2. The van der Waals surface area contributed by atoms with E-state index in [0.717, 1.165) is 30.4 Å². The molecule has 3 aliphatic heterocycles. The Hall–Kier alpha value is -3.45. The molecular formula is C34H41N3O4. The summed E-state index contributed by atoms with van der Waals surface area (Å²) in [5.74, 6) is -1.37. The third kappa shape index (κ3) is 4.88. The van der Waals surface area contributed by atoms with Crippen molar-refractivity contribution < 1.29 is 19.1 Å². The Balaban J connectivity index is 1.30. The van der Waals surface area contributed by atoms with Crippen LogP contribution in [-0.2, 0) is 25.7 Å². The van der Waals surface area contributed by atoms with Gasteiger partial charge in [-0.3, -0.25) is 14.4 Å². The summed E-state index contributed by atoms with van der Waals surface area (Å²) in [5, 5.41) is 6.32. The summed E-state index contributed by atoms with van der Waals surface area (Å²) in [7, 11) is 0. The van der Waals surface area contributed by atoms with Gasteiger partial charge in [0.15, 0.2) is 0 Å². The van der Waals surface area contributed by atoms with E-state index in [9.17, 15) is 14.4 Å². The number of hydrogen-bond acceptors (Lipinski definition) is 4. The van der Waals surface area contributed by atoms with Crippen LogP contribution in [0.4, 0.5) is 5.69 Å². The number of anilines is 1. The normalized spacial score (nSPS) is 31.9. The van der Waals surface area contributed by atoms with E-state index >= 15 is 0 Å². The zero-order valence-corrected chi connectivity index (χ0v) is 24.4. The maximum absolute atomic E-state index is 14.3. The van der Waals surface area contributed by atoms with E-state index in [0.29, 0.717) is 17.5 Å². The number of amides is 3. The van der Waals surface area contributed by atoms with E-state index in [1.807, 2.05) is 67.6 Å². The van der Waals surface area contributed by atoms with Crippen molar-refractivity contribution in [3.05, 3.63) is 77.4 Å². The molecule has 2 bridgehead atoms. The summed E-state index contributed by atoms with van der Waals surface area (Å²) in [5.41, 5.74) is 2.77. The number of carbonyl (C=O) groups is 3. The maximum atomic E-state index is 14.3. The lowest BCUT2D eigenvalue weighted by atomic mass is 9.74. The second kappa shape index (κ2) is 10.8. The van der Waals surface area contributed by atoms with Crippen molar-refractivity contribution in [2.45, 2.75) is 89.6 Å². The summed E-state index contributed by atoms with van der Waals surface area (Å²) in [6, 6.07) is 15.0. The van der Waals surface area contributed by atoms with Crippen molar-refractivity contribution in [3.8, 4) is 0 Å². The van der Waals surface area contributed by atoms with Gasteiger partial charge in [-0.25, -0.2) is 0 Å². The molecule has 0 radical (unpaired) electrons. The molecule has 41 heavy (non-hydrogen) atoms. The molecule has 2 aromatic rings. The second-order valence-corrected chi connectivity index (χ2v) is 12.8. The Labute approximate surface area is 242 Å². The van der Waals surface area contributed by atoms with Crippen molar-refractivity contribution in [2.24, 2.45) is 17.8 Å². The van der Waals surface area contributed by atoms with E-state index in [1.165, 1.54) is 12.0 Å². The van der Waals surface area contributed by atoms with Gasteiger partial charge in [0.25, 0.3) is 0 Å². The van der Waals surface area contributed by atoms with Crippen LogP contribution in [0.2, 0.25) is 0 Å². The van der Waals surface area contributed by atoms with Gasteiger partial charge in [-0.2, -0.15) is 0 Å². The van der Waals surface area contributed by atoms with E-state index in [-0.39, 0.29) is 30.3 Å². The molecule has 2 N–H and O–H groups in total. The molecule has 0 aromatic heterocycles. The van der Waals surface area contributed by atoms with Gasteiger partial charge in [0, 0.05) is 18.3 Å². The molecule has 3 heterocycles. The zero-order chi connectivity index (χ0) is 28.9. The molecular weight excluding hydrogens is 514 g/mol. The standard InChI is InChI=1S/C34H41N3O4/c1-20(2)24-13-15-25(16-14-24)35-31(38)28-27-17-18-34(41-27)29(28)33(40)37(19-23-11-9-21(3)10-12-23)30(34)32(39)36-26-8-6-5-7-22(26)4/h9-18,20,22,26-30H,5-8,19H2,1-4H3,(H,35,38)(H,36,39)/t22-,26-,27-,28+,29-,30-,34-/m0/s1. The lowest BCUT2D eigenvalue weighted by molar-refractivity contribution is -0.142. The highest BCUT2D eigenvalue weighted by atomic mass is 16.5. The molecule has 1 saturated carbocycles. The summed E-state index contributed by atoms with van der Waals surface area (Å²) < 4.78 is 6.52. The fourth-order valence-corrected chi connectivity index (χ4v) is 7.30. The van der Waals surface area contributed by atoms with Crippen molar-refractivity contribution in [3.63, 3.8) is 0 Å². The van der Waals surface area contributed by atoms with Crippen molar-refractivity contribution in [2.75, 3.05) is 5.32 Å². The molecule has 2 saturated heterocycles. The summed E-state index contributed by atoms with van der Waals surface area (Å²) in [6.45, 7) is 8.74.